The van der Waals surface area contributed by atoms with Gasteiger partial charge in [-0.3, -0.25) is 0 Å². The lowest BCUT2D eigenvalue weighted by Gasteiger charge is -2.27. The van der Waals surface area contributed by atoms with Crippen LogP contribution in [-0.2, 0) is 20.8 Å². The SMILES string of the molecule is CC#CCOc1ccc(C2=NOC(CC(C)(C(=O)O)[S+](C)[O-])C2)cc1. The van der Waals surface area contributed by atoms with Crippen LogP contribution in [0.5, 0.6) is 5.75 Å². The number of benzene rings is 1. The van der Waals surface area contributed by atoms with E-state index in [1.165, 1.54) is 13.2 Å². The van der Waals surface area contributed by atoms with Crippen molar-refractivity contribution in [1.29, 1.82) is 0 Å². The molecule has 134 valence electrons. The van der Waals surface area contributed by atoms with Crippen LogP contribution in [0.3, 0.4) is 0 Å². The fourth-order valence-electron chi connectivity index (χ4n) is 2.41. The van der Waals surface area contributed by atoms with Crippen LogP contribution in [0, 0.1) is 11.8 Å². The van der Waals surface area contributed by atoms with Crippen molar-refractivity contribution in [1.82, 2.24) is 0 Å². The first kappa shape index (κ1) is 19.2. The Morgan fingerprint density at radius 3 is 2.76 bits per heavy atom. The molecule has 0 radical (unpaired) electrons. The quantitative estimate of drug-likeness (QED) is 0.592. The number of carbonyl (C=O) groups is 1. The maximum Gasteiger partial charge on any atom is 0.360 e. The van der Waals surface area contributed by atoms with Gasteiger partial charge in [0.25, 0.3) is 0 Å². The van der Waals surface area contributed by atoms with E-state index in [1.807, 2.05) is 24.3 Å². The topological polar surface area (TPSA) is 91.2 Å². The van der Waals surface area contributed by atoms with Gasteiger partial charge >= 0.3 is 5.97 Å². The van der Waals surface area contributed by atoms with E-state index < -0.39 is 28.0 Å². The summed E-state index contributed by atoms with van der Waals surface area (Å²) < 4.78 is 15.9. The van der Waals surface area contributed by atoms with Gasteiger partial charge in [-0.1, -0.05) is 11.1 Å². The summed E-state index contributed by atoms with van der Waals surface area (Å²) >= 11 is -1.52. The van der Waals surface area contributed by atoms with Gasteiger partial charge in [0.2, 0.25) is 4.75 Å². The average molecular weight is 363 g/mol. The third-order valence-corrected chi connectivity index (χ3v) is 5.72. The van der Waals surface area contributed by atoms with E-state index in [4.69, 9.17) is 9.57 Å². The van der Waals surface area contributed by atoms with Gasteiger partial charge in [0.1, 0.15) is 18.5 Å². The van der Waals surface area contributed by atoms with Crippen LogP contribution >= 0.6 is 0 Å². The highest BCUT2D eigenvalue weighted by atomic mass is 32.2. The Hall–Kier alpha value is -2.17. The Morgan fingerprint density at radius 2 is 2.20 bits per heavy atom. The van der Waals surface area contributed by atoms with E-state index in [0.29, 0.717) is 18.8 Å². The Labute approximate surface area is 150 Å². The van der Waals surface area contributed by atoms with E-state index in [2.05, 4.69) is 17.0 Å². The lowest BCUT2D eigenvalue weighted by Crippen LogP contribution is -2.45. The second-order valence-corrected chi connectivity index (χ2v) is 7.71. The summed E-state index contributed by atoms with van der Waals surface area (Å²) in [5.74, 6) is 5.20. The molecule has 1 aromatic carbocycles. The van der Waals surface area contributed by atoms with Gasteiger partial charge in [0.15, 0.2) is 0 Å². The molecule has 0 bridgehead atoms. The molecule has 1 heterocycles. The van der Waals surface area contributed by atoms with Crippen LogP contribution in [0.25, 0.3) is 0 Å². The molecule has 0 aromatic heterocycles. The summed E-state index contributed by atoms with van der Waals surface area (Å²) in [6.45, 7) is 3.56. The molecule has 3 unspecified atom stereocenters. The number of oxime groups is 1. The molecular formula is C18H21NO5S. The first-order valence-electron chi connectivity index (χ1n) is 7.79. The number of nitrogens with zero attached hydrogens (tertiary/aromatic N) is 1. The van der Waals surface area contributed by atoms with Crippen LogP contribution in [0.4, 0.5) is 0 Å². The first-order chi connectivity index (χ1) is 11.9. The van der Waals surface area contributed by atoms with Crippen molar-refractivity contribution < 1.29 is 24.0 Å². The highest BCUT2D eigenvalue weighted by Gasteiger charge is 2.46. The molecule has 7 heteroatoms. The minimum atomic E-state index is -1.52. The third-order valence-electron chi connectivity index (χ3n) is 4.11. The van der Waals surface area contributed by atoms with Crippen molar-refractivity contribution in [2.45, 2.75) is 37.5 Å². The Morgan fingerprint density at radius 1 is 1.52 bits per heavy atom. The number of hydrogen-bond donors (Lipinski definition) is 1. The van der Waals surface area contributed by atoms with E-state index >= 15 is 0 Å². The Kier molecular flexibility index (Phi) is 6.34. The van der Waals surface area contributed by atoms with Crippen molar-refractivity contribution >= 4 is 22.9 Å². The molecule has 6 nitrogen and oxygen atoms in total. The maximum atomic E-state index is 11.8. The zero-order valence-electron chi connectivity index (χ0n) is 14.4. The van der Waals surface area contributed by atoms with Crippen molar-refractivity contribution in [2.24, 2.45) is 5.16 Å². The maximum absolute atomic E-state index is 11.8. The summed E-state index contributed by atoms with van der Waals surface area (Å²) in [5.41, 5.74) is 1.62. The van der Waals surface area contributed by atoms with Crippen molar-refractivity contribution in [3.05, 3.63) is 29.8 Å². The van der Waals surface area contributed by atoms with Crippen molar-refractivity contribution in [3.63, 3.8) is 0 Å². The van der Waals surface area contributed by atoms with Crippen LogP contribution in [0.1, 0.15) is 32.3 Å². The summed E-state index contributed by atoms with van der Waals surface area (Å²) in [4.78, 5) is 16.8. The third kappa shape index (κ3) is 4.68. The summed E-state index contributed by atoms with van der Waals surface area (Å²) in [6, 6.07) is 7.39. The lowest BCUT2D eigenvalue weighted by molar-refractivity contribution is -0.140. The molecule has 0 saturated carbocycles. The normalized spacial score (nSPS) is 19.7. The minimum absolute atomic E-state index is 0.134. The van der Waals surface area contributed by atoms with Crippen LogP contribution in [0.15, 0.2) is 29.4 Å². The van der Waals surface area contributed by atoms with Gasteiger partial charge in [0, 0.05) is 12.8 Å². The zero-order valence-corrected chi connectivity index (χ0v) is 15.3. The van der Waals surface area contributed by atoms with Crippen molar-refractivity contribution in [3.8, 4) is 17.6 Å². The molecule has 0 amide bonds. The zero-order chi connectivity index (χ0) is 18.4. The number of aliphatic carboxylic acids is 1. The Bertz CT molecular complexity index is 704. The van der Waals surface area contributed by atoms with Gasteiger partial charge in [-0.25, -0.2) is 4.79 Å². The number of rotatable bonds is 7. The van der Waals surface area contributed by atoms with E-state index in [9.17, 15) is 14.5 Å². The smallest absolute Gasteiger partial charge is 0.360 e. The number of hydrogen-bond acceptors (Lipinski definition) is 5. The van der Waals surface area contributed by atoms with Gasteiger partial charge in [-0.05, 0) is 54.9 Å². The molecule has 25 heavy (non-hydrogen) atoms. The first-order valence-corrected chi connectivity index (χ1v) is 9.35. The van der Waals surface area contributed by atoms with Crippen LogP contribution in [0.2, 0.25) is 0 Å². The standard InChI is InChI=1S/C18H21NO5S/c1-4-5-10-23-14-8-6-13(7-9-14)16-11-15(24-19-16)12-18(2,17(20)21)25(3)22/h6-9,15H,10-12H2,1-3H3,(H,20,21). The fourth-order valence-corrected chi connectivity index (χ4v) is 3.07. The molecule has 0 aliphatic carbocycles. The van der Waals surface area contributed by atoms with Crippen LogP contribution < -0.4 is 4.74 Å². The van der Waals surface area contributed by atoms with E-state index in [0.717, 1.165) is 11.3 Å². The molecule has 3 atom stereocenters. The largest absolute Gasteiger partial charge is 0.616 e. The number of carboxylic acids is 1. The molecule has 1 aliphatic rings. The predicted octanol–water partition coefficient (Wildman–Crippen LogP) is 2.19. The summed E-state index contributed by atoms with van der Waals surface area (Å²) in [5, 5.41) is 13.4. The monoisotopic (exact) mass is 363 g/mol. The molecule has 1 N–H and O–H groups in total. The van der Waals surface area contributed by atoms with E-state index in [-0.39, 0.29) is 6.42 Å². The predicted molar refractivity (Wildman–Crippen MR) is 96.1 cm³/mol. The van der Waals surface area contributed by atoms with E-state index in [1.54, 1.807) is 6.92 Å². The molecule has 2 rings (SSSR count). The van der Waals surface area contributed by atoms with Crippen LogP contribution in [-0.4, -0.2) is 45.1 Å². The van der Waals surface area contributed by atoms with Gasteiger partial charge in [-0.2, -0.15) is 0 Å². The second kappa shape index (κ2) is 8.28. The minimum Gasteiger partial charge on any atom is -0.616 e. The van der Waals surface area contributed by atoms with Gasteiger partial charge in [-0.15, -0.1) is 5.92 Å². The average Bonchev–Trinajstić information content (AvgIpc) is 3.03. The molecule has 0 saturated heterocycles. The summed E-state index contributed by atoms with van der Waals surface area (Å²) in [7, 11) is 0. The number of ether oxygens (including phenoxy) is 1. The Balaban J connectivity index is 1.97. The van der Waals surface area contributed by atoms with Gasteiger partial charge < -0.3 is 19.2 Å². The highest BCUT2D eigenvalue weighted by Crippen LogP contribution is 2.29. The lowest BCUT2D eigenvalue weighted by atomic mass is 9.97. The molecule has 1 aromatic rings. The molecule has 0 spiro atoms. The summed E-state index contributed by atoms with van der Waals surface area (Å²) in [6.07, 6.45) is 1.60. The number of carboxylic acid groups (broad SMARTS) is 1. The molecule has 1 aliphatic heterocycles. The molecular weight excluding hydrogens is 342 g/mol. The molecule has 0 fully saturated rings. The van der Waals surface area contributed by atoms with Gasteiger partial charge in [0.05, 0.1) is 12.0 Å². The fraction of sp³-hybridized carbons (Fsp3) is 0.444. The second-order valence-electron chi connectivity index (χ2n) is 5.90. The van der Waals surface area contributed by atoms with Crippen molar-refractivity contribution in [2.75, 3.05) is 12.9 Å². The highest BCUT2D eigenvalue weighted by molar-refractivity contribution is 7.92.